The molecule has 0 aliphatic carbocycles. The lowest BCUT2D eigenvalue weighted by atomic mass is 9.78. The van der Waals surface area contributed by atoms with Crippen LogP contribution < -0.4 is 29.7 Å². The maximum absolute atomic E-state index is 14.1. The number of nitrogens with zero attached hydrogens (tertiary/aromatic N) is 1. The molecule has 1 amide bonds. The molecule has 2 bridgehead atoms. The Hall–Kier alpha value is -3.78. The molecule has 3 atom stereocenters. The van der Waals surface area contributed by atoms with Crippen molar-refractivity contribution in [2.75, 3.05) is 23.9 Å². The summed E-state index contributed by atoms with van der Waals surface area (Å²) < 4.78 is 18.0. The number of carbonyl (C=O) groups excluding carboxylic acids is 1. The van der Waals surface area contributed by atoms with Crippen LogP contribution in [0.25, 0.3) is 0 Å². The highest BCUT2D eigenvalue weighted by Gasteiger charge is 2.59. The number of hydrogen-bond donors (Lipinski definition) is 2. The maximum atomic E-state index is 14.1. The van der Waals surface area contributed by atoms with Crippen molar-refractivity contribution in [1.82, 2.24) is 5.32 Å². The molecule has 1 saturated heterocycles. The second-order valence-corrected chi connectivity index (χ2v) is 9.90. The Kier molecular flexibility index (Phi) is 6.45. The number of anilines is 2. The fourth-order valence-electron chi connectivity index (χ4n) is 5.34. The number of methoxy groups -OCH3 is 1. The molecule has 0 aromatic heterocycles. The summed E-state index contributed by atoms with van der Waals surface area (Å²) in [6, 6.07) is 18.9. The van der Waals surface area contributed by atoms with Gasteiger partial charge in [0.2, 0.25) is 5.91 Å². The molecule has 0 saturated carbocycles. The number of rotatable bonds is 6. The molecule has 3 aromatic rings. The van der Waals surface area contributed by atoms with Gasteiger partial charge in [-0.15, -0.1) is 0 Å². The van der Waals surface area contributed by atoms with Crippen molar-refractivity contribution in [2.45, 2.75) is 39.5 Å². The Balaban J connectivity index is 1.61. The Bertz CT molecular complexity index is 1360. The molecule has 2 N–H and O–H groups in total. The van der Waals surface area contributed by atoms with Gasteiger partial charge in [0.05, 0.1) is 19.8 Å². The summed E-state index contributed by atoms with van der Waals surface area (Å²) in [6.07, 6.45) is 0. The summed E-state index contributed by atoms with van der Waals surface area (Å²) in [5.74, 6) is 1.14. The number of thiocarbonyl (C=S) groups is 1. The molecule has 0 spiro atoms. The molecular formula is C29H31N3O4S. The van der Waals surface area contributed by atoms with Crippen LogP contribution in [0.3, 0.4) is 0 Å². The highest BCUT2D eigenvalue weighted by molar-refractivity contribution is 7.80. The van der Waals surface area contributed by atoms with E-state index in [-0.39, 0.29) is 5.91 Å². The van der Waals surface area contributed by atoms with E-state index >= 15 is 0 Å². The van der Waals surface area contributed by atoms with Gasteiger partial charge in [0, 0.05) is 16.9 Å². The average Bonchev–Trinajstić information content (AvgIpc) is 2.86. The van der Waals surface area contributed by atoms with Crippen LogP contribution in [0.5, 0.6) is 17.2 Å². The summed E-state index contributed by atoms with van der Waals surface area (Å²) in [5, 5.41) is 7.06. The van der Waals surface area contributed by atoms with E-state index in [4.69, 9.17) is 26.4 Å². The van der Waals surface area contributed by atoms with Crippen LogP contribution in [-0.2, 0) is 4.79 Å². The van der Waals surface area contributed by atoms with E-state index < -0.39 is 17.7 Å². The van der Waals surface area contributed by atoms with Crippen LogP contribution in [0, 0.1) is 19.8 Å². The molecule has 37 heavy (non-hydrogen) atoms. The molecule has 7 nitrogen and oxygen atoms in total. The first-order chi connectivity index (χ1) is 17.8. The van der Waals surface area contributed by atoms with Gasteiger partial charge in [0.15, 0.2) is 22.3 Å². The number of amides is 1. The number of hydrogen-bond acceptors (Lipinski definition) is 5. The molecular weight excluding hydrogens is 486 g/mol. The Labute approximate surface area is 222 Å². The maximum Gasteiger partial charge on any atom is 0.236 e. The number of aryl methyl sites for hydroxylation is 2. The standard InChI is InChI=1S/C29H31N3O4S/c1-6-35-20-13-11-19(12-14-20)32-28(37)31-25-21-8-7-9-23(34-5)26(21)36-29(32,4)24(25)27(33)30-22-15-10-17(2)16-18(22)3/h7-16,24-25H,6H2,1-5H3,(H,30,33)(H,31,37)/t24-,25+,29+/m1/s1. The van der Waals surface area contributed by atoms with Gasteiger partial charge in [0.25, 0.3) is 0 Å². The van der Waals surface area contributed by atoms with Crippen molar-refractivity contribution in [3.05, 3.63) is 77.4 Å². The molecule has 8 heteroatoms. The predicted molar refractivity (Wildman–Crippen MR) is 149 cm³/mol. The second-order valence-electron chi connectivity index (χ2n) is 9.51. The summed E-state index contributed by atoms with van der Waals surface area (Å²) in [4.78, 5) is 15.9. The molecule has 2 aliphatic heterocycles. The third-order valence-corrected chi connectivity index (χ3v) is 7.34. The molecule has 2 heterocycles. The zero-order chi connectivity index (χ0) is 26.3. The van der Waals surface area contributed by atoms with Crippen molar-refractivity contribution >= 4 is 34.6 Å². The number of ether oxygens (including phenoxy) is 3. The molecule has 0 unspecified atom stereocenters. The Morgan fingerprint density at radius 1 is 1.16 bits per heavy atom. The number of para-hydroxylation sites is 1. The van der Waals surface area contributed by atoms with E-state index in [0.717, 1.165) is 33.8 Å². The minimum atomic E-state index is -1.15. The van der Waals surface area contributed by atoms with Crippen molar-refractivity contribution in [2.24, 2.45) is 5.92 Å². The van der Waals surface area contributed by atoms with E-state index in [0.29, 0.717) is 23.2 Å². The normalized spacial score (nSPS) is 21.9. The van der Waals surface area contributed by atoms with Crippen LogP contribution >= 0.6 is 12.2 Å². The predicted octanol–water partition coefficient (Wildman–Crippen LogP) is 5.51. The van der Waals surface area contributed by atoms with Gasteiger partial charge < -0.3 is 24.8 Å². The van der Waals surface area contributed by atoms with Gasteiger partial charge in [-0.25, -0.2) is 0 Å². The van der Waals surface area contributed by atoms with Gasteiger partial charge >= 0.3 is 0 Å². The Morgan fingerprint density at radius 2 is 1.92 bits per heavy atom. The zero-order valence-corrected chi connectivity index (χ0v) is 22.4. The number of fused-ring (bicyclic) bond motifs is 4. The van der Waals surface area contributed by atoms with Crippen molar-refractivity contribution < 1.29 is 19.0 Å². The quantitative estimate of drug-likeness (QED) is 0.418. The molecule has 192 valence electrons. The van der Waals surface area contributed by atoms with Crippen LogP contribution in [0.2, 0.25) is 0 Å². The second kappa shape index (κ2) is 9.59. The van der Waals surface area contributed by atoms with Crippen molar-refractivity contribution in [1.29, 1.82) is 0 Å². The van der Waals surface area contributed by atoms with Crippen LogP contribution in [0.4, 0.5) is 11.4 Å². The van der Waals surface area contributed by atoms with Gasteiger partial charge in [-0.3, -0.25) is 9.69 Å². The minimum Gasteiger partial charge on any atom is -0.494 e. The van der Waals surface area contributed by atoms with Gasteiger partial charge in [-0.1, -0.05) is 29.8 Å². The number of benzene rings is 3. The lowest BCUT2D eigenvalue weighted by Gasteiger charge is -2.56. The summed E-state index contributed by atoms with van der Waals surface area (Å²) in [6.45, 7) is 8.44. The van der Waals surface area contributed by atoms with E-state index in [1.54, 1.807) is 7.11 Å². The van der Waals surface area contributed by atoms with Crippen LogP contribution in [-0.4, -0.2) is 30.5 Å². The molecule has 2 aliphatic rings. The van der Waals surface area contributed by atoms with E-state index in [1.807, 2.05) is 87.2 Å². The highest BCUT2D eigenvalue weighted by atomic mass is 32.1. The first-order valence-corrected chi connectivity index (χ1v) is 12.7. The first kappa shape index (κ1) is 24.9. The molecule has 1 fully saturated rings. The SMILES string of the molecule is CCOc1ccc(N2C(=S)N[C@H]3c4cccc(OC)c4O[C@@]2(C)[C@H]3C(=O)Nc2ccc(C)cc2C)cc1. The third kappa shape index (κ3) is 4.25. The van der Waals surface area contributed by atoms with E-state index in [9.17, 15) is 4.79 Å². The lowest BCUT2D eigenvalue weighted by molar-refractivity contribution is -0.130. The summed E-state index contributed by atoms with van der Waals surface area (Å²) in [7, 11) is 1.61. The van der Waals surface area contributed by atoms with Crippen LogP contribution in [0.1, 0.15) is 36.6 Å². The van der Waals surface area contributed by atoms with Crippen LogP contribution in [0.15, 0.2) is 60.7 Å². The summed E-state index contributed by atoms with van der Waals surface area (Å²) >= 11 is 5.85. The highest BCUT2D eigenvalue weighted by Crippen LogP contribution is 2.52. The molecule has 0 radical (unpaired) electrons. The minimum absolute atomic E-state index is 0.168. The van der Waals surface area contributed by atoms with Gasteiger partial charge in [-0.05, 0) is 81.9 Å². The van der Waals surface area contributed by atoms with Crippen molar-refractivity contribution in [3.63, 3.8) is 0 Å². The van der Waals surface area contributed by atoms with Crippen molar-refractivity contribution in [3.8, 4) is 17.2 Å². The zero-order valence-electron chi connectivity index (χ0n) is 21.6. The Morgan fingerprint density at radius 3 is 2.59 bits per heavy atom. The lowest BCUT2D eigenvalue weighted by Crippen LogP contribution is -2.72. The monoisotopic (exact) mass is 517 g/mol. The average molecular weight is 518 g/mol. The fraction of sp³-hybridized carbons (Fsp3) is 0.310. The topological polar surface area (TPSA) is 72.1 Å². The largest absolute Gasteiger partial charge is 0.494 e. The number of nitrogens with one attached hydrogen (secondary N) is 2. The van der Waals surface area contributed by atoms with E-state index in [1.165, 1.54) is 0 Å². The summed E-state index contributed by atoms with van der Waals surface area (Å²) in [5.41, 5.74) is 3.36. The van der Waals surface area contributed by atoms with Gasteiger partial charge in [-0.2, -0.15) is 0 Å². The van der Waals surface area contributed by atoms with Gasteiger partial charge in [0.1, 0.15) is 11.7 Å². The molecule has 5 rings (SSSR count). The third-order valence-electron chi connectivity index (χ3n) is 7.04. The van der Waals surface area contributed by atoms with E-state index in [2.05, 4.69) is 16.7 Å². The molecule has 3 aromatic carbocycles. The smallest absolute Gasteiger partial charge is 0.236 e. The first-order valence-electron chi connectivity index (χ1n) is 12.3. The number of carbonyl (C=O) groups is 1. The fourth-order valence-corrected chi connectivity index (χ4v) is 5.76.